The third kappa shape index (κ3) is 4.33. The first-order chi connectivity index (χ1) is 27.2. The minimum absolute atomic E-state index is 0.569. The summed E-state index contributed by atoms with van der Waals surface area (Å²) in [7, 11) is 0. The van der Waals surface area contributed by atoms with Crippen LogP contribution in [0.4, 0.5) is 5.69 Å². The Morgan fingerprint density at radius 3 is 1.65 bits per heavy atom. The molecule has 55 heavy (non-hydrogen) atoms. The third-order valence-electron chi connectivity index (χ3n) is 11.1. The Morgan fingerprint density at radius 2 is 0.964 bits per heavy atom. The van der Waals surface area contributed by atoms with Gasteiger partial charge in [0.25, 0.3) is 0 Å². The molecule has 8 aromatic carbocycles. The number of para-hydroxylation sites is 5. The van der Waals surface area contributed by atoms with Crippen molar-refractivity contribution in [2.45, 2.75) is 0 Å². The first-order valence-corrected chi connectivity index (χ1v) is 18.3. The predicted octanol–water partition coefficient (Wildman–Crippen LogP) is 13.1. The molecule has 5 heteroatoms. The zero-order valence-corrected chi connectivity index (χ0v) is 29.5. The van der Waals surface area contributed by atoms with Crippen molar-refractivity contribution in [2.24, 2.45) is 0 Å². The molecule has 0 aliphatic heterocycles. The molecule has 11 aromatic rings. The van der Waals surface area contributed by atoms with Gasteiger partial charge in [0, 0.05) is 49.3 Å². The standard InChI is InChI=1S/C50H29N5/c1-52-40-22-12-27-45(48(40)32-14-10-16-34(30-32)53-41-23-6-4-19-37(41)38-21-11-15-33(31-51)50(38)53)55-44-26-9-5-20-39(44)49-46(28-13-29-47(49)55)54-42-24-7-2-17-35(42)36-18-3-8-25-43(36)54/h2-30H. The van der Waals surface area contributed by atoms with Gasteiger partial charge in [-0.05, 0) is 66.2 Å². The molecule has 0 amide bonds. The van der Waals surface area contributed by atoms with E-state index >= 15 is 0 Å². The van der Waals surface area contributed by atoms with Gasteiger partial charge in [-0.1, -0.05) is 115 Å². The normalized spacial score (nSPS) is 11.6. The lowest BCUT2D eigenvalue weighted by atomic mass is 10.00. The molecule has 3 aromatic heterocycles. The summed E-state index contributed by atoms with van der Waals surface area (Å²) in [6.07, 6.45) is 0. The molecule has 0 saturated heterocycles. The Balaban J connectivity index is 1.20. The van der Waals surface area contributed by atoms with Crippen LogP contribution in [0.5, 0.6) is 0 Å². The second-order valence-electron chi connectivity index (χ2n) is 13.9. The highest BCUT2D eigenvalue weighted by Crippen LogP contribution is 2.44. The second-order valence-corrected chi connectivity index (χ2v) is 13.9. The van der Waals surface area contributed by atoms with E-state index in [0.29, 0.717) is 11.3 Å². The lowest BCUT2D eigenvalue weighted by molar-refractivity contribution is 1.16. The van der Waals surface area contributed by atoms with E-state index in [0.717, 1.165) is 82.8 Å². The molecule has 0 aliphatic rings. The van der Waals surface area contributed by atoms with Crippen LogP contribution in [0.2, 0.25) is 0 Å². The van der Waals surface area contributed by atoms with Crippen molar-refractivity contribution in [3.63, 3.8) is 0 Å². The number of fused-ring (bicyclic) bond motifs is 9. The second kappa shape index (κ2) is 11.8. The zero-order chi connectivity index (χ0) is 36.6. The largest absolute Gasteiger partial charge is 0.310 e. The molecule has 0 saturated carbocycles. The van der Waals surface area contributed by atoms with Crippen molar-refractivity contribution in [1.82, 2.24) is 13.7 Å². The van der Waals surface area contributed by atoms with Crippen molar-refractivity contribution in [1.29, 1.82) is 5.26 Å². The van der Waals surface area contributed by atoms with Crippen LogP contribution in [0.25, 0.3) is 98.5 Å². The molecular weight excluding hydrogens is 671 g/mol. The van der Waals surface area contributed by atoms with Crippen LogP contribution in [0.15, 0.2) is 176 Å². The highest BCUT2D eigenvalue weighted by molar-refractivity contribution is 6.17. The monoisotopic (exact) mass is 699 g/mol. The number of hydrogen-bond acceptors (Lipinski definition) is 1. The number of benzene rings is 8. The quantitative estimate of drug-likeness (QED) is 0.169. The van der Waals surface area contributed by atoms with Gasteiger partial charge in [0.2, 0.25) is 0 Å². The van der Waals surface area contributed by atoms with E-state index in [9.17, 15) is 5.26 Å². The van der Waals surface area contributed by atoms with Gasteiger partial charge in [-0.3, -0.25) is 0 Å². The fourth-order valence-electron chi connectivity index (χ4n) is 8.91. The molecule has 5 nitrogen and oxygen atoms in total. The summed E-state index contributed by atoms with van der Waals surface area (Å²) in [5, 5.41) is 17.1. The van der Waals surface area contributed by atoms with Gasteiger partial charge < -0.3 is 13.7 Å². The smallest absolute Gasteiger partial charge is 0.196 e. The Bertz CT molecular complexity index is 3420. The third-order valence-corrected chi connectivity index (χ3v) is 11.1. The lowest BCUT2D eigenvalue weighted by Crippen LogP contribution is -2.00. The maximum absolute atomic E-state index is 10.2. The fraction of sp³-hybridized carbons (Fsp3) is 0. The average molecular weight is 700 g/mol. The molecule has 0 N–H and O–H groups in total. The van der Waals surface area contributed by atoms with E-state index in [4.69, 9.17) is 6.57 Å². The molecule has 0 spiro atoms. The summed E-state index contributed by atoms with van der Waals surface area (Å²) >= 11 is 0. The van der Waals surface area contributed by atoms with Crippen LogP contribution in [0.1, 0.15) is 5.56 Å². The van der Waals surface area contributed by atoms with Gasteiger partial charge in [-0.15, -0.1) is 0 Å². The van der Waals surface area contributed by atoms with Crippen LogP contribution in [-0.2, 0) is 0 Å². The Morgan fingerprint density at radius 1 is 0.455 bits per heavy atom. The van der Waals surface area contributed by atoms with Crippen LogP contribution in [0.3, 0.4) is 0 Å². The Hall–Kier alpha value is -7.86. The van der Waals surface area contributed by atoms with Crippen LogP contribution in [-0.4, -0.2) is 13.7 Å². The SMILES string of the molecule is [C-]#[N+]c1cccc(-n2c3ccccc3c3c(-n4c5ccccc5c5ccccc54)cccc32)c1-c1cccc(-n2c3ccccc3c3cccc(C#N)c32)c1. The molecule has 3 heterocycles. The molecule has 0 radical (unpaired) electrons. The van der Waals surface area contributed by atoms with Gasteiger partial charge in [-0.25, -0.2) is 4.85 Å². The predicted molar refractivity (Wildman–Crippen MR) is 226 cm³/mol. The highest BCUT2D eigenvalue weighted by atomic mass is 15.0. The number of nitrogens with zero attached hydrogens (tertiary/aromatic N) is 5. The summed E-state index contributed by atoms with van der Waals surface area (Å²) in [6, 6.07) is 63.4. The molecule has 11 rings (SSSR count). The van der Waals surface area contributed by atoms with E-state index in [2.05, 4.69) is 164 Å². The summed E-state index contributed by atoms with van der Waals surface area (Å²) in [5.74, 6) is 0. The Kier molecular flexibility index (Phi) is 6.61. The van der Waals surface area contributed by atoms with Gasteiger partial charge in [-0.2, -0.15) is 5.26 Å². The van der Waals surface area contributed by atoms with E-state index in [1.165, 1.54) is 10.8 Å². The zero-order valence-electron chi connectivity index (χ0n) is 29.5. The van der Waals surface area contributed by atoms with E-state index in [1.54, 1.807) is 0 Å². The molecule has 0 fully saturated rings. The van der Waals surface area contributed by atoms with E-state index in [1.807, 2.05) is 36.4 Å². The number of rotatable bonds is 4. The molecule has 0 aliphatic carbocycles. The minimum atomic E-state index is 0.569. The van der Waals surface area contributed by atoms with E-state index < -0.39 is 0 Å². The maximum atomic E-state index is 10.2. The van der Waals surface area contributed by atoms with Crippen LogP contribution in [0, 0.1) is 17.9 Å². The molecule has 0 unspecified atom stereocenters. The van der Waals surface area contributed by atoms with Crippen molar-refractivity contribution in [3.05, 3.63) is 193 Å². The van der Waals surface area contributed by atoms with Crippen molar-refractivity contribution in [2.75, 3.05) is 0 Å². The Labute approximate surface area is 316 Å². The number of nitriles is 1. The van der Waals surface area contributed by atoms with Crippen molar-refractivity contribution < 1.29 is 0 Å². The molecule has 254 valence electrons. The first kappa shape index (κ1) is 30.7. The highest BCUT2D eigenvalue weighted by Gasteiger charge is 2.23. The summed E-state index contributed by atoms with van der Waals surface area (Å²) in [4.78, 5) is 4.11. The van der Waals surface area contributed by atoms with Crippen molar-refractivity contribution in [3.8, 4) is 34.3 Å². The van der Waals surface area contributed by atoms with Gasteiger partial charge in [0.1, 0.15) is 6.07 Å². The van der Waals surface area contributed by atoms with Crippen LogP contribution < -0.4 is 0 Å². The number of aromatic nitrogens is 3. The molecule has 0 atom stereocenters. The van der Waals surface area contributed by atoms with Crippen LogP contribution >= 0.6 is 0 Å². The summed E-state index contributed by atoms with van der Waals surface area (Å²) < 4.78 is 6.91. The summed E-state index contributed by atoms with van der Waals surface area (Å²) in [6.45, 7) is 8.40. The van der Waals surface area contributed by atoms with Gasteiger partial charge >= 0.3 is 0 Å². The number of hydrogen-bond donors (Lipinski definition) is 0. The van der Waals surface area contributed by atoms with Crippen molar-refractivity contribution >= 4 is 71.1 Å². The minimum Gasteiger partial charge on any atom is -0.310 e. The van der Waals surface area contributed by atoms with Gasteiger partial charge in [0.15, 0.2) is 5.69 Å². The molecule has 0 bridgehead atoms. The first-order valence-electron chi connectivity index (χ1n) is 18.3. The maximum Gasteiger partial charge on any atom is 0.196 e. The topological polar surface area (TPSA) is 42.9 Å². The van der Waals surface area contributed by atoms with E-state index in [-0.39, 0.29) is 0 Å². The average Bonchev–Trinajstić information content (AvgIpc) is 3.89. The summed E-state index contributed by atoms with van der Waals surface area (Å²) in [5.41, 5.74) is 12.2. The lowest BCUT2D eigenvalue weighted by Gasteiger charge is -2.17. The fourth-order valence-corrected chi connectivity index (χ4v) is 8.91. The molecular formula is C50H29N5. The van der Waals surface area contributed by atoms with Gasteiger partial charge in [0.05, 0.1) is 50.9 Å².